The quantitative estimate of drug-likeness (QED) is 0.598. The van der Waals surface area contributed by atoms with E-state index in [2.05, 4.69) is 12.4 Å². The molecule has 2 heterocycles. The van der Waals surface area contributed by atoms with Crippen LogP contribution in [0.15, 0.2) is 53.2 Å². The third-order valence-corrected chi connectivity index (χ3v) is 7.01. The van der Waals surface area contributed by atoms with Crippen LogP contribution >= 0.6 is 11.6 Å². The SMILES string of the molecule is COc1ccc(C)cc1N1C(=O)C(Cl)=C(Nc2cccc(C(=O)N(C)C3CC[NH+](C)CC3)c2)C1=O. The predicted molar refractivity (Wildman–Crippen MR) is 135 cm³/mol. The second-order valence-electron chi connectivity index (χ2n) is 9.12. The summed E-state index contributed by atoms with van der Waals surface area (Å²) in [5.41, 5.74) is 2.12. The van der Waals surface area contributed by atoms with Crippen molar-refractivity contribution in [1.29, 1.82) is 0 Å². The van der Waals surface area contributed by atoms with Crippen molar-refractivity contribution in [2.24, 2.45) is 0 Å². The number of nitrogens with one attached hydrogen (secondary N) is 2. The molecule has 3 amide bonds. The summed E-state index contributed by atoms with van der Waals surface area (Å²) < 4.78 is 5.35. The lowest BCUT2D eigenvalue weighted by Crippen LogP contribution is -3.10. The van der Waals surface area contributed by atoms with Gasteiger partial charge in [-0.1, -0.05) is 23.7 Å². The molecule has 0 unspecified atom stereocenters. The molecule has 1 fully saturated rings. The number of piperidine rings is 1. The van der Waals surface area contributed by atoms with Gasteiger partial charge in [0.25, 0.3) is 17.7 Å². The van der Waals surface area contributed by atoms with Gasteiger partial charge in [0.15, 0.2) is 0 Å². The fourth-order valence-corrected chi connectivity index (χ4v) is 4.74. The molecular weight excluding hydrogens is 468 g/mol. The van der Waals surface area contributed by atoms with Gasteiger partial charge in [0.1, 0.15) is 16.5 Å². The van der Waals surface area contributed by atoms with Crippen LogP contribution in [0.5, 0.6) is 5.75 Å². The zero-order chi connectivity index (χ0) is 25.3. The monoisotopic (exact) mass is 497 g/mol. The second kappa shape index (κ2) is 10.1. The van der Waals surface area contributed by atoms with E-state index in [0.717, 1.165) is 36.4 Å². The Morgan fingerprint density at radius 1 is 1.14 bits per heavy atom. The summed E-state index contributed by atoms with van der Waals surface area (Å²) in [7, 11) is 5.47. The molecule has 9 heteroatoms. The molecule has 2 N–H and O–H groups in total. The molecule has 4 rings (SSSR count). The third-order valence-electron chi connectivity index (χ3n) is 6.66. The molecule has 0 aliphatic carbocycles. The average molecular weight is 498 g/mol. The van der Waals surface area contributed by atoms with Gasteiger partial charge in [-0.3, -0.25) is 14.4 Å². The molecule has 2 aromatic rings. The van der Waals surface area contributed by atoms with Crippen molar-refractivity contribution in [2.75, 3.05) is 44.5 Å². The van der Waals surface area contributed by atoms with Crippen molar-refractivity contribution in [3.8, 4) is 5.75 Å². The highest BCUT2D eigenvalue weighted by molar-refractivity contribution is 6.53. The summed E-state index contributed by atoms with van der Waals surface area (Å²) in [5.74, 6) is -0.932. The number of imide groups is 1. The third kappa shape index (κ3) is 4.90. The van der Waals surface area contributed by atoms with Gasteiger partial charge in [-0.25, -0.2) is 4.90 Å². The number of hydrogen-bond donors (Lipinski definition) is 2. The van der Waals surface area contributed by atoms with Gasteiger partial charge >= 0.3 is 0 Å². The Kier molecular flexibility index (Phi) is 7.14. The van der Waals surface area contributed by atoms with Gasteiger partial charge in [0.2, 0.25) is 0 Å². The summed E-state index contributed by atoms with van der Waals surface area (Å²) in [6.45, 7) is 3.93. The zero-order valence-corrected chi connectivity index (χ0v) is 21.1. The molecule has 8 nitrogen and oxygen atoms in total. The molecule has 184 valence electrons. The van der Waals surface area contributed by atoms with Crippen molar-refractivity contribution in [2.45, 2.75) is 25.8 Å². The van der Waals surface area contributed by atoms with Crippen LogP contribution in [0.1, 0.15) is 28.8 Å². The molecule has 2 aromatic carbocycles. The molecule has 0 spiro atoms. The minimum Gasteiger partial charge on any atom is -0.495 e. The molecule has 35 heavy (non-hydrogen) atoms. The van der Waals surface area contributed by atoms with Crippen molar-refractivity contribution in [1.82, 2.24) is 4.90 Å². The maximum absolute atomic E-state index is 13.2. The number of anilines is 2. The summed E-state index contributed by atoms with van der Waals surface area (Å²) in [4.78, 5) is 43.6. The maximum atomic E-state index is 13.2. The first-order valence-corrected chi connectivity index (χ1v) is 12.0. The van der Waals surface area contributed by atoms with Crippen LogP contribution in [0.25, 0.3) is 0 Å². The number of halogens is 1. The Labute approximate surface area is 210 Å². The van der Waals surface area contributed by atoms with Crippen LogP contribution < -0.4 is 19.9 Å². The lowest BCUT2D eigenvalue weighted by atomic mass is 10.0. The number of benzene rings is 2. The Balaban J connectivity index is 1.54. The standard InChI is InChI=1S/C26H29ClN4O4/c1-16-8-9-21(35-4)20(14-16)31-25(33)22(27)23(26(31)34)28-18-7-5-6-17(15-18)24(32)30(3)19-10-12-29(2)13-11-19/h5-9,14-15,19,28H,10-13H2,1-4H3/p+1. The molecule has 0 bridgehead atoms. The van der Waals surface area contributed by atoms with Crippen LogP contribution in [-0.4, -0.2) is 63.0 Å². The van der Waals surface area contributed by atoms with Crippen molar-refractivity contribution >= 4 is 40.7 Å². The Hall–Kier alpha value is -3.36. The summed E-state index contributed by atoms with van der Waals surface area (Å²) in [5, 5.41) is 2.74. The van der Waals surface area contributed by atoms with Gasteiger partial charge < -0.3 is 19.9 Å². The lowest BCUT2D eigenvalue weighted by molar-refractivity contribution is -0.885. The number of hydrogen-bond acceptors (Lipinski definition) is 5. The van der Waals surface area contributed by atoms with E-state index < -0.39 is 11.8 Å². The molecular formula is C26H30ClN4O4+. The summed E-state index contributed by atoms with van der Waals surface area (Å²) in [6, 6.07) is 12.3. The summed E-state index contributed by atoms with van der Waals surface area (Å²) in [6.07, 6.45) is 1.92. The van der Waals surface area contributed by atoms with Gasteiger partial charge in [-0.15, -0.1) is 0 Å². The summed E-state index contributed by atoms with van der Waals surface area (Å²) >= 11 is 6.31. The second-order valence-corrected chi connectivity index (χ2v) is 9.50. The molecule has 0 radical (unpaired) electrons. The number of rotatable bonds is 6. The van der Waals surface area contributed by atoms with Gasteiger partial charge in [-0.2, -0.15) is 0 Å². The maximum Gasteiger partial charge on any atom is 0.283 e. The molecule has 0 atom stereocenters. The number of amides is 3. The van der Waals surface area contributed by atoms with E-state index in [4.69, 9.17) is 16.3 Å². The van der Waals surface area contributed by atoms with Crippen molar-refractivity contribution < 1.29 is 24.0 Å². The minimum absolute atomic E-state index is 0.0449. The van der Waals surface area contributed by atoms with Crippen LogP contribution in [0.3, 0.4) is 0 Å². The molecule has 2 aliphatic heterocycles. The van der Waals surface area contributed by atoms with Gasteiger partial charge in [-0.05, 0) is 42.8 Å². The molecule has 0 saturated carbocycles. The number of ether oxygens (including phenoxy) is 1. The van der Waals surface area contributed by atoms with Crippen LogP contribution in [0.2, 0.25) is 0 Å². The van der Waals surface area contributed by atoms with Crippen LogP contribution in [-0.2, 0) is 9.59 Å². The zero-order valence-electron chi connectivity index (χ0n) is 20.4. The predicted octanol–water partition coefficient (Wildman–Crippen LogP) is 2.19. The first kappa shape index (κ1) is 24.8. The van der Waals surface area contributed by atoms with E-state index in [1.54, 1.807) is 41.3 Å². The Morgan fingerprint density at radius 3 is 2.54 bits per heavy atom. The topological polar surface area (TPSA) is 83.4 Å². The molecule has 2 aliphatic rings. The molecule has 0 aromatic heterocycles. The Bertz CT molecular complexity index is 1200. The van der Waals surface area contributed by atoms with E-state index in [0.29, 0.717) is 22.7 Å². The number of quaternary nitrogens is 1. The first-order valence-electron chi connectivity index (χ1n) is 11.6. The Morgan fingerprint density at radius 2 is 1.86 bits per heavy atom. The van der Waals surface area contributed by atoms with Crippen molar-refractivity contribution in [3.63, 3.8) is 0 Å². The molecule has 1 saturated heterocycles. The van der Waals surface area contributed by atoms with Crippen LogP contribution in [0, 0.1) is 6.92 Å². The van der Waals surface area contributed by atoms with E-state index in [1.165, 1.54) is 12.0 Å². The number of methoxy groups -OCH3 is 1. The largest absolute Gasteiger partial charge is 0.495 e. The van der Waals surface area contributed by atoms with Gasteiger partial charge in [0.05, 0.1) is 32.9 Å². The smallest absolute Gasteiger partial charge is 0.283 e. The van der Waals surface area contributed by atoms with E-state index in [-0.39, 0.29) is 22.7 Å². The lowest BCUT2D eigenvalue weighted by Gasteiger charge is -2.33. The fourth-order valence-electron chi connectivity index (χ4n) is 4.53. The van der Waals surface area contributed by atoms with E-state index >= 15 is 0 Å². The fraction of sp³-hybridized carbons (Fsp3) is 0.346. The normalized spacial score (nSPS) is 20.3. The highest BCUT2D eigenvalue weighted by Gasteiger charge is 2.40. The number of likely N-dealkylation sites (tertiary alicyclic amines) is 1. The minimum atomic E-state index is -0.639. The van der Waals surface area contributed by atoms with Gasteiger partial charge in [0, 0.05) is 37.2 Å². The van der Waals surface area contributed by atoms with Crippen LogP contribution in [0.4, 0.5) is 11.4 Å². The number of carbonyl (C=O) groups is 3. The number of nitrogens with zero attached hydrogens (tertiary/aromatic N) is 2. The highest BCUT2D eigenvalue weighted by Crippen LogP contribution is 2.36. The highest BCUT2D eigenvalue weighted by atomic mass is 35.5. The van der Waals surface area contributed by atoms with E-state index in [1.807, 2.05) is 20.0 Å². The number of aryl methyl sites for hydroxylation is 1. The van der Waals surface area contributed by atoms with Crippen molar-refractivity contribution in [3.05, 3.63) is 64.3 Å². The average Bonchev–Trinajstić information content (AvgIpc) is 3.06. The first-order chi connectivity index (χ1) is 16.7. The number of carbonyl (C=O) groups excluding carboxylic acids is 3. The van der Waals surface area contributed by atoms with E-state index in [9.17, 15) is 14.4 Å².